The fraction of sp³-hybridized carbons (Fsp3) is 0.276. The van der Waals surface area contributed by atoms with Crippen molar-refractivity contribution in [3.8, 4) is 22.5 Å². The zero-order valence-electron chi connectivity index (χ0n) is 21.2. The molecule has 0 saturated carbocycles. The van der Waals surface area contributed by atoms with Crippen LogP contribution in [0.1, 0.15) is 31.9 Å². The Morgan fingerprint density at radius 1 is 0.946 bits per heavy atom. The lowest BCUT2D eigenvalue weighted by Gasteiger charge is -2.16. The van der Waals surface area contributed by atoms with Crippen LogP contribution in [0.3, 0.4) is 0 Å². The Hall–Kier alpha value is -3.91. The highest BCUT2D eigenvalue weighted by Gasteiger charge is 2.23. The molecule has 0 atom stereocenters. The number of nitrogens with zero attached hydrogens (tertiary/aromatic N) is 3. The molecule has 0 bridgehead atoms. The number of esters is 1. The summed E-state index contributed by atoms with van der Waals surface area (Å²) in [7, 11) is 0. The van der Waals surface area contributed by atoms with E-state index in [2.05, 4.69) is 15.4 Å². The van der Waals surface area contributed by atoms with Crippen molar-refractivity contribution in [1.82, 2.24) is 20.1 Å². The van der Waals surface area contributed by atoms with Crippen molar-refractivity contribution in [3.63, 3.8) is 0 Å². The van der Waals surface area contributed by atoms with Gasteiger partial charge in [-0.25, -0.2) is 18.4 Å². The molecule has 4 aromatic rings. The number of nitrogens with one attached hydrogen (secondary N) is 1. The Morgan fingerprint density at radius 3 is 2.35 bits per heavy atom. The maximum atomic E-state index is 14.9. The normalized spacial score (nSPS) is 11.5. The number of hydrogen-bond donors (Lipinski definition) is 1. The first-order valence-electron chi connectivity index (χ1n) is 12.1. The van der Waals surface area contributed by atoms with E-state index in [1.54, 1.807) is 39.0 Å². The lowest BCUT2D eigenvalue weighted by molar-refractivity contribution is -0.157. The van der Waals surface area contributed by atoms with Gasteiger partial charge in [-0.3, -0.25) is 4.79 Å². The average molecular weight is 505 g/mol. The summed E-state index contributed by atoms with van der Waals surface area (Å²) in [6.07, 6.45) is 2.24. The summed E-state index contributed by atoms with van der Waals surface area (Å²) in [4.78, 5) is 16.3. The molecular formula is C29H30F2N4O2. The SMILES string of the molecule is CC(C)(C)C(=O)OCn1cnc(-c2cccc(-c3cc(F)c(CNCCc4ccccc4)c(F)c3)c2)n1. The lowest BCUT2D eigenvalue weighted by atomic mass is 9.98. The molecule has 0 aliphatic rings. The summed E-state index contributed by atoms with van der Waals surface area (Å²) >= 11 is 0. The number of ether oxygens (including phenoxy) is 1. The van der Waals surface area contributed by atoms with Crippen molar-refractivity contribution in [1.29, 1.82) is 0 Å². The van der Waals surface area contributed by atoms with E-state index in [4.69, 9.17) is 4.74 Å². The van der Waals surface area contributed by atoms with Gasteiger partial charge in [0.2, 0.25) is 0 Å². The number of benzene rings is 3. The summed E-state index contributed by atoms with van der Waals surface area (Å²) in [5.41, 5.74) is 2.29. The van der Waals surface area contributed by atoms with Crippen molar-refractivity contribution in [2.45, 2.75) is 40.5 Å². The third-order valence-electron chi connectivity index (χ3n) is 5.81. The van der Waals surface area contributed by atoms with Crippen LogP contribution in [0.5, 0.6) is 0 Å². The van der Waals surface area contributed by atoms with E-state index in [0.29, 0.717) is 29.1 Å². The zero-order chi connectivity index (χ0) is 26.4. The van der Waals surface area contributed by atoms with Crippen LogP contribution >= 0.6 is 0 Å². The molecule has 3 aromatic carbocycles. The van der Waals surface area contributed by atoms with Crippen LogP contribution in [0.2, 0.25) is 0 Å². The molecule has 0 fully saturated rings. The number of carbonyl (C=O) groups excluding carboxylic acids is 1. The van der Waals surface area contributed by atoms with Gasteiger partial charge in [0, 0.05) is 17.7 Å². The lowest BCUT2D eigenvalue weighted by Crippen LogP contribution is -2.24. The second-order valence-corrected chi connectivity index (χ2v) is 9.83. The highest BCUT2D eigenvalue weighted by molar-refractivity contribution is 5.75. The molecule has 192 valence electrons. The minimum absolute atomic E-state index is 0.0122. The van der Waals surface area contributed by atoms with E-state index in [-0.39, 0.29) is 24.8 Å². The highest BCUT2D eigenvalue weighted by Crippen LogP contribution is 2.28. The maximum Gasteiger partial charge on any atom is 0.313 e. The molecule has 0 saturated heterocycles. The molecule has 6 nitrogen and oxygen atoms in total. The number of carbonyl (C=O) groups is 1. The van der Waals surface area contributed by atoms with E-state index < -0.39 is 17.0 Å². The van der Waals surface area contributed by atoms with Gasteiger partial charge in [-0.05, 0) is 68.6 Å². The molecule has 0 unspecified atom stereocenters. The van der Waals surface area contributed by atoms with Gasteiger partial charge >= 0.3 is 5.97 Å². The van der Waals surface area contributed by atoms with Gasteiger partial charge in [-0.15, -0.1) is 5.10 Å². The van der Waals surface area contributed by atoms with E-state index in [1.807, 2.05) is 36.4 Å². The molecule has 0 aliphatic carbocycles. The van der Waals surface area contributed by atoms with Gasteiger partial charge in [-0.1, -0.05) is 48.5 Å². The van der Waals surface area contributed by atoms with E-state index in [0.717, 1.165) is 12.0 Å². The van der Waals surface area contributed by atoms with Crippen molar-refractivity contribution >= 4 is 5.97 Å². The topological polar surface area (TPSA) is 69.0 Å². The Morgan fingerprint density at radius 2 is 1.65 bits per heavy atom. The van der Waals surface area contributed by atoms with Crippen LogP contribution in [-0.4, -0.2) is 27.3 Å². The Bertz CT molecular complexity index is 1340. The van der Waals surface area contributed by atoms with E-state index >= 15 is 0 Å². The van der Waals surface area contributed by atoms with Gasteiger partial charge in [-0.2, -0.15) is 0 Å². The number of hydrogen-bond acceptors (Lipinski definition) is 5. The van der Waals surface area contributed by atoms with Crippen molar-refractivity contribution in [2.24, 2.45) is 5.41 Å². The fourth-order valence-corrected chi connectivity index (χ4v) is 3.70. The standard InChI is InChI=1S/C29H30F2N4O2/c1-29(2,3)28(36)37-19-35-18-33-27(34-35)22-11-7-10-21(14-22)23-15-25(30)24(26(31)16-23)17-32-13-12-20-8-5-4-6-9-20/h4-11,14-16,18,32H,12-13,17,19H2,1-3H3. The Labute approximate surface area is 215 Å². The molecule has 0 spiro atoms. The van der Waals surface area contributed by atoms with Gasteiger partial charge in [0.05, 0.1) is 5.41 Å². The van der Waals surface area contributed by atoms with Gasteiger partial charge < -0.3 is 10.1 Å². The summed E-state index contributed by atoms with van der Waals surface area (Å²) in [5, 5.41) is 7.47. The van der Waals surface area contributed by atoms with Gasteiger partial charge in [0.15, 0.2) is 12.6 Å². The van der Waals surface area contributed by atoms with Crippen LogP contribution < -0.4 is 5.32 Å². The molecular weight excluding hydrogens is 474 g/mol. The second kappa shape index (κ2) is 11.4. The van der Waals surface area contributed by atoms with E-state index in [9.17, 15) is 13.6 Å². The molecule has 1 aromatic heterocycles. The van der Waals surface area contributed by atoms with E-state index in [1.165, 1.54) is 23.1 Å². The molecule has 0 radical (unpaired) electrons. The fourth-order valence-electron chi connectivity index (χ4n) is 3.70. The number of aromatic nitrogens is 3. The van der Waals surface area contributed by atoms with Crippen molar-refractivity contribution in [2.75, 3.05) is 6.54 Å². The number of halogens is 2. The Balaban J connectivity index is 1.42. The smallest absolute Gasteiger partial charge is 0.313 e. The van der Waals surface area contributed by atoms with Crippen molar-refractivity contribution < 1.29 is 18.3 Å². The van der Waals surface area contributed by atoms with Crippen molar-refractivity contribution in [3.05, 3.63) is 95.8 Å². The monoisotopic (exact) mass is 504 g/mol. The third kappa shape index (κ3) is 6.86. The van der Waals surface area contributed by atoms with Gasteiger partial charge in [0.25, 0.3) is 0 Å². The quantitative estimate of drug-likeness (QED) is 0.232. The molecule has 0 aliphatic heterocycles. The molecule has 37 heavy (non-hydrogen) atoms. The first-order chi connectivity index (χ1) is 17.7. The van der Waals surface area contributed by atoms with Crippen LogP contribution in [-0.2, 0) is 29.2 Å². The van der Waals surface area contributed by atoms with Crippen LogP contribution in [0.15, 0.2) is 73.1 Å². The van der Waals surface area contributed by atoms with Crippen LogP contribution in [0, 0.1) is 17.0 Å². The zero-order valence-corrected chi connectivity index (χ0v) is 21.2. The third-order valence-corrected chi connectivity index (χ3v) is 5.81. The molecule has 0 amide bonds. The summed E-state index contributed by atoms with van der Waals surface area (Å²) in [6, 6.07) is 19.7. The molecule has 8 heteroatoms. The first-order valence-corrected chi connectivity index (χ1v) is 12.1. The minimum atomic E-state index is -0.615. The summed E-state index contributed by atoms with van der Waals surface area (Å²) < 4.78 is 36.4. The molecule has 4 rings (SSSR count). The predicted molar refractivity (Wildman–Crippen MR) is 138 cm³/mol. The summed E-state index contributed by atoms with van der Waals surface area (Å²) in [6.45, 7) is 5.98. The largest absolute Gasteiger partial charge is 0.442 e. The first kappa shape index (κ1) is 26.2. The predicted octanol–water partition coefficient (Wildman–Crippen LogP) is 5.77. The molecule has 1 heterocycles. The Kier molecular flexibility index (Phi) is 8.08. The average Bonchev–Trinajstić information content (AvgIpc) is 3.35. The molecule has 1 N–H and O–H groups in total. The van der Waals surface area contributed by atoms with Crippen LogP contribution in [0.25, 0.3) is 22.5 Å². The number of rotatable bonds is 9. The summed E-state index contributed by atoms with van der Waals surface area (Å²) in [5.74, 6) is -1.13. The maximum absolute atomic E-state index is 14.9. The minimum Gasteiger partial charge on any atom is -0.442 e. The van der Waals surface area contributed by atoms with Crippen LogP contribution in [0.4, 0.5) is 8.78 Å². The second-order valence-electron chi connectivity index (χ2n) is 9.83. The highest BCUT2D eigenvalue weighted by atomic mass is 19.1. The van der Waals surface area contributed by atoms with Gasteiger partial charge in [0.1, 0.15) is 18.0 Å².